The Balaban J connectivity index is 2.79. The summed E-state index contributed by atoms with van der Waals surface area (Å²) in [5.74, 6) is 1.69. The van der Waals surface area contributed by atoms with E-state index in [1.165, 1.54) is 0 Å². The molecule has 0 aromatic carbocycles. The van der Waals surface area contributed by atoms with Crippen molar-refractivity contribution in [3.8, 4) is 0 Å². The number of nitrogens with zero attached hydrogens (tertiary/aromatic N) is 3. The van der Waals surface area contributed by atoms with Crippen LogP contribution in [-0.2, 0) is 0 Å². The first kappa shape index (κ1) is 6.84. The van der Waals surface area contributed by atoms with E-state index in [1.807, 2.05) is 16.7 Å². The molecule has 5 heteroatoms. The molecule has 0 atom stereocenters. The van der Waals surface area contributed by atoms with Gasteiger partial charge in [0, 0.05) is 18.6 Å². The minimum atomic E-state index is 0.715. The topological polar surface area (TPSA) is 42.2 Å². The number of hydrogen-bond acceptors (Lipinski definition) is 3. The lowest BCUT2D eigenvalue weighted by atomic mass is 10.6. The Morgan fingerprint density at radius 1 is 1.36 bits per heavy atom. The zero-order chi connectivity index (χ0) is 7.68. The lowest BCUT2D eigenvalue weighted by Crippen LogP contribution is -1.92. The number of hydrogen-bond donors (Lipinski definition) is 1. The first-order chi connectivity index (χ1) is 5.42. The molecule has 0 aliphatic heterocycles. The fourth-order valence-electron chi connectivity index (χ4n) is 0.911. The monoisotopic (exact) mass is 260 g/mol. The lowest BCUT2D eigenvalue weighted by molar-refractivity contribution is 1.12. The van der Waals surface area contributed by atoms with Crippen molar-refractivity contribution in [3.05, 3.63) is 24.7 Å². The average molecular weight is 260 g/mol. The summed E-state index contributed by atoms with van der Waals surface area (Å²) in [7, 11) is 0. The number of rotatable bonds is 1. The summed E-state index contributed by atoms with van der Waals surface area (Å²) < 4.78 is 4.89. The maximum atomic E-state index is 4.06. The minimum absolute atomic E-state index is 0.715. The molecule has 2 aromatic rings. The highest BCUT2D eigenvalue weighted by Crippen LogP contribution is 2.09. The molecule has 0 saturated heterocycles. The smallest absolute Gasteiger partial charge is 0.235 e. The van der Waals surface area contributed by atoms with E-state index in [0.29, 0.717) is 5.78 Å². The normalized spacial score (nSPS) is 10.3. The zero-order valence-corrected chi connectivity index (χ0v) is 7.69. The highest BCUT2D eigenvalue weighted by Gasteiger charge is 1.97. The molecule has 0 aliphatic rings. The third-order valence-electron chi connectivity index (χ3n) is 1.40. The molecule has 0 radical (unpaired) electrons. The molecule has 0 unspecified atom stereocenters. The number of halogens is 1. The van der Waals surface area contributed by atoms with Crippen molar-refractivity contribution in [3.63, 3.8) is 0 Å². The first-order valence-corrected chi connectivity index (χ1v) is 4.14. The standard InChI is InChI=1S/C6H5IN4/c7-10-5-1-2-8-6-9-3-4-11(5)6/h1-4,10H. The van der Waals surface area contributed by atoms with Crippen molar-refractivity contribution in [2.24, 2.45) is 0 Å². The summed E-state index contributed by atoms with van der Waals surface area (Å²) in [6.07, 6.45) is 5.31. The van der Waals surface area contributed by atoms with Gasteiger partial charge in [-0.05, 0) is 6.07 Å². The van der Waals surface area contributed by atoms with Crippen molar-refractivity contribution >= 4 is 34.5 Å². The van der Waals surface area contributed by atoms with Crippen molar-refractivity contribution in [2.45, 2.75) is 0 Å². The van der Waals surface area contributed by atoms with Gasteiger partial charge < -0.3 is 3.53 Å². The quantitative estimate of drug-likeness (QED) is 0.624. The maximum Gasteiger partial charge on any atom is 0.235 e. The van der Waals surface area contributed by atoms with Crippen LogP contribution < -0.4 is 3.53 Å². The average Bonchev–Trinajstić information content (AvgIpc) is 2.50. The van der Waals surface area contributed by atoms with E-state index in [0.717, 1.165) is 5.82 Å². The van der Waals surface area contributed by atoms with Crippen molar-refractivity contribution < 1.29 is 0 Å². The minimum Gasteiger partial charge on any atom is -0.314 e. The van der Waals surface area contributed by atoms with Crippen LogP contribution in [0.1, 0.15) is 0 Å². The molecular formula is C6H5IN4. The van der Waals surface area contributed by atoms with Gasteiger partial charge in [-0.3, -0.25) is 4.40 Å². The van der Waals surface area contributed by atoms with Gasteiger partial charge in [0.05, 0.1) is 22.9 Å². The molecule has 0 bridgehead atoms. The van der Waals surface area contributed by atoms with Crippen molar-refractivity contribution in [1.82, 2.24) is 14.4 Å². The van der Waals surface area contributed by atoms with Gasteiger partial charge in [0.1, 0.15) is 5.82 Å². The Morgan fingerprint density at radius 2 is 2.18 bits per heavy atom. The number of fused-ring (bicyclic) bond motifs is 1. The lowest BCUT2D eigenvalue weighted by Gasteiger charge is -1.99. The van der Waals surface area contributed by atoms with E-state index < -0.39 is 0 Å². The third kappa shape index (κ3) is 1.05. The fourth-order valence-corrected chi connectivity index (χ4v) is 1.35. The summed E-state index contributed by atoms with van der Waals surface area (Å²) in [4.78, 5) is 8.09. The SMILES string of the molecule is INc1ccnc2nccn12. The van der Waals surface area contributed by atoms with E-state index in [2.05, 4.69) is 36.4 Å². The second-order valence-electron chi connectivity index (χ2n) is 2.02. The van der Waals surface area contributed by atoms with Gasteiger partial charge in [-0.2, -0.15) is 0 Å². The first-order valence-electron chi connectivity index (χ1n) is 3.06. The Bertz CT molecular complexity index is 369. The Labute approximate surface area is 77.2 Å². The summed E-state index contributed by atoms with van der Waals surface area (Å²) >= 11 is 2.07. The highest BCUT2D eigenvalue weighted by molar-refractivity contribution is 14.1. The number of nitrogens with one attached hydrogen (secondary N) is 1. The predicted molar refractivity (Wildman–Crippen MR) is 50.6 cm³/mol. The van der Waals surface area contributed by atoms with Gasteiger partial charge in [-0.15, -0.1) is 0 Å². The van der Waals surface area contributed by atoms with Crippen molar-refractivity contribution in [2.75, 3.05) is 3.53 Å². The molecular weight excluding hydrogens is 255 g/mol. The maximum absolute atomic E-state index is 4.06. The van der Waals surface area contributed by atoms with Crippen LogP contribution in [0, 0.1) is 0 Å². The van der Waals surface area contributed by atoms with Gasteiger partial charge in [0.25, 0.3) is 0 Å². The molecule has 0 fully saturated rings. The largest absolute Gasteiger partial charge is 0.314 e. The van der Waals surface area contributed by atoms with Gasteiger partial charge >= 0.3 is 0 Å². The van der Waals surface area contributed by atoms with Gasteiger partial charge in [0.15, 0.2) is 0 Å². The summed E-state index contributed by atoms with van der Waals surface area (Å²) in [5, 5.41) is 0. The number of imidazole rings is 1. The van der Waals surface area contributed by atoms with E-state index >= 15 is 0 Å². The molecule has 2 rings (SSSR count). The van der Waals surface area contributed by atoms with E-state index in [1.54, 1.807) is 12.4 Å². The zero-order valence-electron chi connectivity index (χ0n) is 5.53. The molecule has 11 heavy (non-hydrogen) atoms. The highest BCUT2D eigenvalue weighted by atomic mass is 127. The fraction of sp³-hybridized carbons (Fsp3) is 0. The summed E-state index contributed by atoms with van der Waals surface area (Å²) in [5.41, 5.74) is 0. The molecule has 0 amide bonds. The second kappa shape index (κ2) is 2.65. The number of aromatic nitrogens is 3. The van der Waals surface area contributed by atoms with Crippen LogP contribution in [0.3, 0.4) is 0 Å². The summed E-state index contributed by atoms with van der Waals surface area (Å²) in [6.45, 7) is 0. The molecule has 0 spiro atoms. The predicted octanol–water partition coefficient (Wildman–Crippen LogP) is 1.49. The van der Waals surface area contributed by atoms with Crippen LogP contribution in [0.25, 0.3) is 5.78 Å². The van der Waals surface area contributed by atoms with Crippen LogP contribution in [-0.4, -0.2) is 14.4 Å². The second-order valence-corrected chi connectivity index (χ2v) is 2.56. The molecule has 56 valence electrons. The van der Waals surface area contributed by atoms with Crippen LogP contribution in [0.15, 0.2) is 24.7 Å². The van der Waals surface area contributed by atoms with Crippen LogP contribution in [0.4, 0.5) is 5.82 Å². The third-order valence-corrected chi connectivity index (χ3v) is 1.95. The molecule has 4 nitrogen and oxygen atoms in total. The van der Waals surface area contributed by atoms with E-state index in [9.17, 15) is 0 Å². The van der Waals surface area contributed by atoms with Crippen LogP contribution >= 0.6 is 22.9 Å². The van der Waals surface area contributed by atoms with Gasteiger partial charge in [-0.1, -0.05) is 0 Å². The van der Waals surface area contributed by atoms with Gasteiger partial charge in [0.2, 0.25) is 5.78 Å². The Morgan fingerprint density at radius 3 is 3.00 bits per heavy atom. The Kier molecular flexibility index (Phi) is 1.65. The van der Waals surface area contributed by atoms with Crippen LogP contribution in [0.2, 0.25) is 0 Å². The molecule has 2 aromatic heterocycles. The Hall–Kier alpha value is -0.850. The molecule has 0 aliphatic carbocycles. The number of anilines is 1. The summed E-state index contributed by atoms with van der Waals surface area (Å²) in [6, 6.07) is 1.89. The van der Waals surface area contributed by atoms with E-state index in [-0.39, 0.29) is 0 Å². The van der Waals surface area contributed by atoms with Gasteiger partial charge in [-0.25, -0.2) is 9.97 Å². The van der Waals surface area contributed by atoms with E-state index in [4.69, 9.17) is 0 Å². The molecule has 2 heterocycles. The van der Waals surface area contributed by atoms with Crippen molar-refractivity contribution in [1.29, 1.82) is 0 Å². The van der Waals surface area contributed by atoms with Crippen LogP contribution in [0.5, 0.6) is 0 Å². The molecule has 0 saturated carbocycles. The molecule has 1 N–H and O–H groups in total.